The number of likely N-dealkylation sites (tertiary alicyclic amines) is 1. The molecule has 0 spiro atoms. The van der Waals surface area contributed by atoms with Crippen molar-refractivity contribution in [2.75, 3.05) is 19.6 Å². The van der Waals surface area contributed by atoms with Crippen molar-refractivity contribution in [3.63, 3.8) is 0 Å². The minimum atomic E-state index is -0.129. The van der Waals surface area contributed by atoms with E-state index >= 15 is 0 Å². The van der Waals surface area contributed by atoms with Crippen LogP contribution in [-0.4, -0.2) is 53.4 Å². The fourth-order valence-electron chi connectivity index (χ4n) is 6.24. The molecule has 7 heteroatoms. The summed E-state index contributed by atoms with van der Waals surface area (Å²) in [6, 6.07) is 13.6. The number of amides is 2. The van der Waals surface area contributed by atoms with Gasteiger partial charge in [-0.3, -0.25) is 9.59 Å². The summed E-state index contributed by atoms with van der Waals surface area (Å²) in [7, 11) is 0. The molecule has 2 atom stereocenters. The van der Waals surface area contributed by atoms with Gasteiger partial charge in [0.25, 0.3) is 11.8 Å². The van der Waals surface area contributed by atoms with Gasteiger partial charge in [0.1, 0.15) is 0 Å². The first-order valence-electron chi connectivity index (χ1n) is 13.7. The predicted octanol–water partition coefficient (Wildman–Crippen LogP) is 5.42. The molecule has 0 radical (unpaired) electrons. The van der Waals surface area contributed by atoms with Crippen LogP contribution in [0.5, 0.6) is 0 Å². The zero-order chi connectivity index (χ0) is 25.4. The Balaban J connectivity index is 1.09. The average Bonchev–Trinajstić information content (AvgIpc) is 3.33. The summed E-state index contributed by atoms with van der Waals surface area (Å²) in [6.45, 7) is 3.58. The molecule has 0 unspecified atom stereocenters. The number of benzene rings is 2. The van der Waals surface area contributed by atoms with E-state index in [-0.39, 0.29) is 29.3 Å². The van der Waals surface area contributed by atoms with Crippen LogP contribution in [0.3, 0.4) is 0 Å². The van der Waals surface area contributed by atoms with Gasteiger partial charge in [0, 0.05) is 52.3 Å². The lowest BCUT2D eigenvalue weighted by atomic mass is 9.89. The zero-order valence-electron chi connectivity index (χ0n) is 21.2. The summed E-state index contributed by atoms with van der Waals surface area (Å²) in [5.74, 6) is -0.194. The Labute approximate surface area is 223 Å². The number of halogens is 1. The standard InChI is InChI=1S/C30H35ClN4O2/c31-24-18-32-27-17-21(9-12-23(24)27)29(37)34-26-6-2-1-5-25(26)33-28(36)20-7-10-22(11-8-20)30(13-14-30)19-35-15-3-4-16-35/h7-12,17-18,25-26,32H,1-6,13-16,19H2,(H,33,36)(H,34,37)/t25-,26+/m0/s1. The molecule has 0 bridgehead atoms. The van der Waals surface area contributed by atoms with Crippen LogP contribution in [0.2, 0.25) is 5.02 Å². The van der Waals surface area contributed by atoms with E-state index in [1.165, 1.54) is 44.3 Å². The van der Waals surface area contributed by atoms with Gasteiger partial charge in [-0.25, -0.2) is 0 Å². The summed E-state index contributed by atoms with van der Waals surface area (Å²) in [6.07, 6.45) is 10.6. The highest BCUT2D eigenvalue weighted by Gasteiger charge is 2.45. The molecule has 3 fully saturated rings. The van der Waals surface area contributed by atoms with Crippen LogP contribution in [-0.2, 0) is 5.41 Å². The van der Waals surface area contributed by atoms with Crippen molar-refractivity contribution in [1.29, 1.82) is 0 Å². The quantitative estimate of drug-likeness (QED) is 0.391. The second-order valence-electron chi connectivity index (χ2n) is 11.2. The van der Waals surface area contributed by atoms with Crippen LogP contribution in [0.15, 0.2) is 48.7 Å². The minimum Gasteiger partial charge on any atom is -0.360 e. The van der Waals surface area contributed by atoms with E-state index in [4.69, 9.17) is 11.6 Å². The number of aromatic nitrogens is 1. The first-order valence-corrected chi connectivity index (χ1v) is 14.1. The third-order valence-electron chi connectivity index (χ3n) is 8.63. The molecule has 6 nitrogen and oxygen atoms in total. The topological polar surface area (TPSA) is 77.2 Å². The van der Waals surface area contributed by atoms with Gasteiger partial charge in [-0.15, -0.1) is 0 Å². The number of nitrogens with one attached hydrogen (secondary N) is 3. The summed E-state index contributed by atoms with van der Waals surface area (Å²) >= 11 is 6.17. The Morgan fingerprint density at radius 2 is 1.51 bits per heavy atom. The summed E-state index contributed by atoms with van der Waals surface area (Å²) in [5.41, 5.74) is 3.75. The smallest absolute Gasteiger partial charge is 0.251 e. The third kappa shape index (κ3) is 5.14. The molecule has 1 aliphatic heterocycles. The second kappa shape index (κ2) is 10.1. The van der Waals surface area contributed by atoms with Gasteiger partial charge in [0.05, 0.1) is 5.02 Å². The van der Waals surface area contributed by atoms with Crippen LogP contribution in [0.4, 0.5) is 0 Å². The molecule has 3 N–H and O–H groups in total. The number of hydrogen-bond donors (Lipinski definition) is 3. The van der Waals surface area contributed by atoms with Crippen LogP contribution >= 0.6 is 11.6 Å². The van der Waals surface area contributed by atoms with Crippen molar-refractivity contribution >= 4 is 34.3 Å². The van der Waals surface area contributed by atoms with Crippen molar-refractivity contribution in [2.45, 2.75) is 68.9 Å². The fraction of sp³-hybridized carbons (Fsp3) is 0.467. The number of aromatic amines is 1. The van der Waals surface area contributed by atoms with Crippen molar-refractivity contribution in [1.82, 2.24) is 20.5 Å². The van der Waals surface area contributed by atoms with E-state index in [0.717, 1.165) is 43.1 Å². The van der Waals surface area contributed by atoms with Crippen molar-refractivity contribution in [3.05, 3.63) is 70.4 Å². The lowest BCUT2D eigenvalue weighted by Gasteiger charge is -2.33. The lowest BCUT2D eigenvalue weighted by molar-refractivity contribution is 0.0863. The molecule has 6 rings (SSSR count). The van der Waals surface area contributed by atoms with Crippen LogP contribution in [0.25, 0.3) is 10.9 Å². The van der Waals surface area contributed by atoms with Gasteiger partial charge in [0.15, 0.2) is 0 Å². The van der Waals surface area contributed by atoms with E-state index in [2.05, 4.69) is 32.7 Å². The van der Waals surface area contributed by atoms with Crippen molar-refractivity contribution in [3.8, 4) is 0 Å². The van der Waals surface area contributed by atoms with Gasteiger partial charge >= 0.3 is 0 Å². The Hall–Kier alpha value is -2.83. The Morgan fingerprint density at radius 3 is 2.16 bits per heavy atom. The van der Waals surface area contributed by atoms with Crippen LogP contribution in [0, 0.1) is 0 Å². The maximum absolute atomic E-state index is 13.2. The molecule has 1 saturated heterocycles. The molecule has 37 heavy (non-hydrogen) atoms. The molecule has 2 saturated carbocycles. The first kappa shape index (κ1) is 24.5. The largest absolute Gasteiger partial charge is 0.360 e. The molecule has 3 aliphatic rings. The van der Waals surface area contributed by atoms with Gasteiger partial charge in [-0.2, -0.15) is 0 Å². The Kier molecular flexibility index (Phi) is 6.72. The maximum atomic E-state index is 13.2. The fourth-order valence-corrected chi connectivity index (χ4v) is 6.46. The average molecular weight is 519 g/mol. The van der Waals surface area contributed by atoms with Crippen LogP contribution in [0.1, 0.15) is 77.6 Å². The maximum Gasteiger partial charge on any atom is 0.251 e. The lowest BCUT2D eigenvalue weighted by Crippen LogP contribution is -2.53. The van der Waals surface area contributed by atoms with E-state index in [1.807, 2.05) is 24.3 Å². The minimum absolute atomic E-state index is 0.0652. The highest BCUT2D eigenvalue weighted by atomic mass is 35.5. The molecule has 2 amide bonds. The molecule has 3 aromatic rings. The number of hydrogen-bond acceptors (Lipinski definition) is 3. The van der Waals surface area contributed by atoms with Crippen molar-refractivity contribution in [2.24, 2.45) is 0 Å². The Bertz CT molecular complexity index is 1290. The SMILES string of the molecule is O=C(N[C@H]1CCCC[C@H]1NC(=O)c1ccc2c(Cl)c[nH]c2c1)c1ccc(C2(CN3CCCC3)CC2)cc1. The first-order chi connectivity index (χ1) is 18.0. The number of carbonyl (C=O) groups excluding carboxylic acids is 2. The highest BCUT2D eigenvalue weighted by Crippen LogP contribution is 2.49. The van der Waals surface area contributed by atoms with Gasteiger partial charge in [-0.05, 0) is 81.4 Å². The molecular formula is C30H35ClN4O2. The summed E-state index contributed by atoms with van der Waals surface area (Å²) in [5, 5.41) is 7.94. The van der Waals surface area contributed by atoms with Gasteiger partial charge < -0.3 is 20.5 Å². The number of rotatable bonds is 7. The number of H-pyrrole nitrogens is 1. The second-order valence-corrected chi connectivity index (χ2v) is 11.6. The normalized spacial score (nSPS) is 23.2. The van der Waals surface area contributed by atoms with Crippen LogP contribution < -0.4 is 10.6 Å². The molecule has 194 valence electrons. The molecule has 2 aromatic carbocycles. The number of nitrogens with zero attached hydrogens (tertiary/aromatic N) is 1. The summed E-state index contributed by atoms with van der Waals surface area (Å²) in [4.78, 5) is 31.9. The number of fused-ring (bicyclic) bond motifs is 1. The molecule has 2 aliphatic carbocycles. The van der Waals surface area contributed by atoms with E-state index < -0.39 is 0 Å². The van der Waals surface area contributed by atoms with E-state index in [9.17, 15) is 9.59 Å². The molecule has 1 aromatic heterocycles. The van der Waals surface area contributed by atoms with E-state index in [1.54, 1.807) is 12.3 Å². The van der Waals surface area contributed by atoms with Gasteiger partial charge in [0.2, 0.25) is 0 Å². The predicted molar refractivity (Wildman–Crippen MR) is 147 cm³/mol. The zero-order valence-corrected chi connectivity index (χ0v) is 21.9. The summed E-state index contributed by atoms with van der Waals surface area (Å²) < 4.78 is 0. The number of carbonyl (C=O) groups is 2. The van der Waals surface area contributed by atoms with Gasteiger partial charge in [-0.1, -0.05) is 42.6 Å². The monoisotopic (exact) mass is 518 g/mol. The van der Waals surface area contributed by atoms with E-state index in [0.29, 0.717) is 16.1 Å². The third-order valence-corrected chi connectivity index (χ3v) is 8.94. The Morgan fingerprint density at radius 1 is 0.892 bits per heavy atom. The highest BCUT2D eigenvalue weighted by molar-refractivity contribution is 6.35. The molecule has 2 heterocycles. The molecular weight excluding hydrogens is 484 g/mol. The van der Waals surface area contributed by atoms with Crippen molar-refractivity contribution < 1.29 is 9.59 Å².